The highest BCUT2D eigenvalue weighted by atomic mass is 15.2. The number of likely N-dealkylation sites (N-methyl/N-ethyl adjacent to an activating group) is 2. The van der Waals surface area contributed by atoms with E-state index in [0.29, 0.717) is 6.04 Å². The van der Waals surface area contributed by atoms with E-state index in [1.54, 1.807) is 0 Å². The smallest absolute Gasteiger partial charge is 0.0364 e. The molecule has 3 heteroatoms. The van der Waals surface area contributed by atoms with Crippen LogP contribution in [0.3, 0.4) is 0 Å². The van der Waals surface area contributed by atoms with Gasteiger partial charge in [-0.05, 0) is 57.1 Å². The van der Waals surface area contributed by atoms with Crippen molar-refractivity contribution in [2.75, 3.05) is 38.6 Å². The Morgan fingerprint density at radius 3 is 2.65 bits per heavy atom. The Labute approximate surface area is 124 Å². The monoisotopic (exact) mass is 275 g/mol. The fraction of sp³-hybridized carbons (Fsp3) is 0.647. The summed E-state index contributed by atoms with van der Waals surface area (Å²) in [6.07, 6.45) is 3.87. The molecule has 0 amide bonds. The highest BCUT2D eigenvalue weighted by Gasteiger charge is 2.22. The van der Waals surface area contributed by atoms with Crippen LogP contribution in [0.2, 0.25) is 0 Å². The molecular weight excluding hydrogens is 246 g/mol. The first kappa shape index (κ1) is 15.3. The minimum atomic E-state index is 0.714. The molecule has 20 heavy (non-hydrogen) atoms. The Hall–Kier alpha value is -1.06. The van der Waals surface area contributed by atoms with E-state index in [9.17, 15) is 0 Å². The average molecular weight is 275 g/mol. The van der Waals surface area contributed by atoms with Crippen LogP contribution in [-0.4, -0.2) is 44.7 Å². The van der Waals surface area contributed by atoms with E-state index in [0.717, 1.165) is 19.6 Å². The molecule has 112 valence electrons. The molecule has 0 aliphatic carbocycles. The topological polar surface area (TPSA) is 18.5 Å². The molecule has 1 fully saturated rings. The Bertz CT molecular complexity index is 388. The van der Waals surface area contributed by atoms with Gasteiger partial charge in [0.15, 0.2) is 0 Å². The van der Waals surface area contributed by atoms with Crippen molar-refractivity contribution in [2.45, 2.75) is 38.8 Å². The molecule has 1 aromatic rings. The summed E-state index contributed by atoms with van der Waals surface area (Å²) in [5, 5.41) is 3.44. The van der Waals surface area contributed by atoms with Crippen molar-refractivity contribution in [1.29, 1.82) is 0 Å². The highest BCUT2D eigenvalue weighted by Crippen LogP contribution is 2.19. The number of nitrogens with one attached hydrogen (secondary N) is 1. The van der Waals surface area contributed by atoms with E-state index in [1.807, 2.05) is 0 Å². The van der Waals surface area contributed by atoms with Gasteiger partial charge in [-0.15, -0.1) is 0 Å². The number of rotatable bonds is 7. The Kier molecular flexibility index (Phi) is 5.86. The number of nitrogens with zero attached hydrogens (tertiary/aromatic N) is 2. The maximum absolute atomic E-state index is 3.44. The van der Waals surface area contributed by atoms with E-state index < -0.39 is 0 Å². The third-order valence-corrected chi connectivity index (χ3v) is 4.29. The lowest BCUT2D eigenvalue weighted by Crippen LogP contribution is -2.36. The molecule has 0 radical (unpaired) electrons. The normalized spacial score (nSPS) is 19.4. The number of benzene rings is 1. The van der Waals surface area contributed by atoms with Crippen molar-refractivity contribution in [3.8, 4) is 0 Å². The van der Waals surface area contributed by atoms with Crippen LogP contribution in [0.4, 0.5) is 5.69 Å². The third kappa shape index (κ3) is 4.22. The standard InChI is InChI=1S/C17H29N3/c1-4-11-18-13-15-7-9-16(10-8-15)20(3)14-17-6-5-12-19(17)2/h7-10,17-18H,4-6,11-14H2,1-3H3. The molecule has 2 rings (SSSR count). The summed E-state index contributed by atoms with van der Waals surface area (Å²) in [4.78, 5) is 4.87. The summed E-state index contributed by atoms with van der Waals surface area (Å²) in [6.45, 7) is 6.65. The molecule has 0 bridgehead atoms. The van der Waals surface area contributed by atoms with E-state index >= 15 is 0 Å². The van der Waals surface area contributed by atoms with Crippen molar-refractivity contribution >= 4 is 5.69 Å². The zero-order chi connectivity index (χ0) is 14.4. The molecule has 1 N–H and O–H groups in total. The lowest BCUT2D eigenvalue weighted by molar-refractivity contribution is 0.314. The lowest BCUT2D eigenvalue weighted by atomic mass is 10.1. The van der Waals surface area contributed by atoms with Crippen molar-refractivity contribution in [3.05, 3.63) is 29.8 Å². The summed E-state index contributed by atoms with van der Waals surface area (Å²) in [7, 11) is 4.45. The van der Waals surface area contributed by atoms with Crippen LogP contribution in [0.1, 0.15) is 31.7 Å². The minimum Gasteiger partial charge on any atom is -0.373 e. The quantitative estimate of drug-likeness (QED) is 0.772. The minimum absolute atomic E-state index is 0.714. The Balaban J connectivity index is 1.85. The van der Waals surface area contributed by atoms with E-state index in [-0.39, 0.29) is 0 Å². The molecule has 1 aliphatic rings. The van der Waals surface area contributed by atoms with Gasteiger partial charge in [0.05, 0.1) is 0 Å². The molecule has 3 nitrogen and oxygen atoms in total. The Morgan fingerprint density at radius 1 is 1.30 bits per heavy atom. The van der Waals surface area contributed by atoms with Gasteiger partial charge in [0.1, 0.15) is 0 Å². The van der Waals surface area contributed by atoms with Gasteiger partial charge >= 0.3 is 0 Å². The highest BCUT2D eigenvalue weighted by molar-refractivity contribution is 5.47. The van der Waals surface area contributed by atoms with Gasteiger partial charge in [-0.3, -0.25) is 0 Å². The van der Waals surface area contributed by atoms with E-state index in [2.05, 4.69) is 60.4 Å². The fourth-order valence-corrected chi connectivity index (χ4v) is 2.91. The first-order valence-corrected chi connectivity index (χ1v) is 7.91. The zero-order valence-corrected chi connectivity index (χ0v) is 13.2. The molecule has 0 spiro atoms. The number of likely N-dealkylation sites (tertiary alicyclic amines) is 1. The predicted octanol–water partition coefficient (Wildman–Crippen LogP) is 2.72. The van der Waals surface area contributed by atoms with Crippen LogP contribution in [0.5, 0.6) is 0 Å². The number of anilines is 1. The molecule has 1 aliphatic heterocycles. The average Bonchev–Trinajstić information content (AvgIpc) is 2.85. The first-order chi connectivity index (χ1) is 9.70. The summed E-state index contributed by atoms with van der Waals surface area (Å²) >= 11 is 0. The summed E-state index contributed by atoms with van der Waals surface area (Å²) < 4.78 is 0. The summed E-state index contributed by atoms with van der Waals surface area (Å²) in [6, 6.07) is 9.70. The van der Waals surface area contributed by atoms with Crippen molar-refractivity contribution in [2.24, 2.45) is 0 Å². The zero-order valence-electron chi connectivity index (χ0n) is 13.2. The molecule has 0 aromatic heterocycles. The van der Waals surface area contributed by atoms with Gasteiger partial charge in [0.2, 0.25) is 0 Å². The summed E-state index contributed by atoms with van der Waals surface area (Å²) in [5.74, 6) is 0. The number of hydrogen-bond donors (Lipinski definition) is 1. The second-order valence-electron chi connectivity index (χ2n) is 6.00. The van der Waals surface area contributed by atoms with Crippen molar-refractivity contribution in [1.82, 2.24) is 10.2 Å². The van der Waals surface area contributed by atoms with Crippen molar-refractivity contribution < 1.29 is 0 Å². The molecule has 1 heterocycles. The molecule has 1 atom stereocenters. The fourth-order valence-electron chi connectivity index (χ4n) is 2.91. The second-order valence-corrected chi connectivity index (χ2v) is 6.00. The van der Waals surface area contributed by atoms with E-state index in [1.165, 1.54) is 37.1 Å². The van der Waals surface area contributed by atoms with Crippen LogP contribution in [0, 0.1) is 0 Å². The predicted molar refractivity (Wildman–Crippen MR) is 87.4 cm³/mol. The largest absolute Gasteiger partial charge is 0.373 e. The molecular formula is C17H29N3. The van der Waals surface area contributed by atoms with Crippen molar-refractivity contribution in [3.63, 3.8) is 0 Å². The molecule has 1 unspecified atom stereocenters. The molecule has 0 saturated carbocycles. The van der Waals surface area contributed by atoms with Crippen LogP contribution < -0.4 is 10.2 Å². The van der Waals surface area contributed by atoms with Gasteiger partial charge in [-0.2, -0.15) is 0 Å². The second kappa shape index (κ2) is 7.65. The van der Waals surface area contributed by atoms with Gasteiger partial charge in [-0.25, -0.2) is 0 Å². The van der Waals surface area contributed by atoms with Crippen LogP contribution in [0.15, 0.2) is 24.3 Å². The van der Waals surface area contributed by atoms with Crippen LogP contribution in [0.25, 0.3) is 0 Å². The van der Waals surface area contributed by atoms with Gasteiger partial charge in [0.25, 0.3) is 0 Å². The van der Waals surface area contributed by atoms with E-state index in [4.69, 9.17) is 0 Å². The summed E-state index contributed by atoms with van der Waals surface area (Å²) in [5.41, 5.74) is 2.69. The maximum atomic E-state index is 3.44. The van der Waals surface area contributed by atoms with Crippen LogP contribution >= 0.6 is 0 Å². The SMILES string of the molecule is CCCNCc1ccc(N(C)CC2CCCN2C)cc1. The lowest BCUT2D eigenvalue weighted by Gasteiger charge is -2.27. The number of hydrogen-bond acceptors (Lipinski definition) is 3. The molecule has 1 saturated heterocycles. The Morgan fingerprint density at radius 2 is 2.05 bits per heavy atom. The molecule has 1 aromatic carbocycles. The third-order valence-electron chi connectivity index (χ3n) is 4.29. The van der Waals surface area contributed by atoms with Gasteiger partial charge in [0, 0.05) is 31.9 Å². The van der Waals surface area contributed by atoms with Gasteiger partial charge in [-0.1, -0.05) is 19.1 Å². The first-order valence-electron chi connectivity index (χ1n) is 7.91. The maximum Gasteiger partial charge on any atom is 0.0364 e. The van der Waals surface area contributed by atoms with Gasteiger partial charge < -0.3 is 15.1 Å². The van der Waals surface area contributed by atoms with Crippen LogP contribution in [-0.2, 0) is 6.54 Å².